The number of aromatic nitrogens is 3. The number of amides is 2. The van der Waals surface area contributed by atoms with E-state index in [-0.39, 0.29) is 18.2 Å². The third kappa shape index (κ3) is 4.46. The Hall–Kier alpha value is -2.94. The summed E-state index contributed by atoms with van der Waals surface area (Å²) in [6, 6.07) is 5.30. The van der Waals surface area contributed by atoms with Gasteiger partial charge in [0.25, 0.3) is 0 Å². The average Bonchev–Trinajstić information content (AvgIpc) is 2.99. The van der Waals surface area contributed by atoms with Gasteiger partial charge in [-0.3, -0.25) is 9.59 Å². The summed E-state index contributed by atoms with van der Waals surface area (Å²) in [6.45, 7) is 5.36. The number of benzene rings is 1. The molecule has 8 nitrogen and oxygen atoms in total. The Morgan fingerprint density at radius 2 is 1.93 bits per heavy atom. The maximum Gasteiger partial charge on any atom is 0.242 e. The number of rotatable bonds is 6. The number of nitrogens with one attached hydrogen (secondary N) is 2. The highest BCUT2D eigenvalue weighted by Crippen LogP contribution is 2.31. The van der Waals surface area contributed by atoms with E-state index in [1.165, 1.54) is 6.92 Å². The lowest BCUT2D eigenvalue weighted by Gasteiger charge is -2.13. The molecule has 0 saturated carbocycles. The van der Waals surface area contributed by atoms with Gasteiger partial charge in [-0.25, -0.2) is 9.67 Å². The van der Waals surface area contributed by atoms with Crippen molar-refractivity contribution in [2.45, 2.75) is 33.6 Å². The van der Waals surface area contributed by atoms with Gasteiger partial charge in [-0.1, -0.05) is 15.9 Å². The van der Waals surface area contributed by atoms with Gasteiger partial charge in [0.2, 0.25) is 17.7 Å². The molecule has 30 heavy (non-hydrogen) atoms. The van der Waals surface area contributed by atoms with Crippen molar-refractivity contribution in [3.63, 3.8) is 0 Å². The van der Waals surface area contributed by atoms with Crippen molar-refractivity contribution >= 4 is 50.2 Å². The first-order valence-electron chi connectivity index (χ1n) is 9.45. The molecule has 0 saturated heterocycles. The summed E-state index contributed by atoms with van der Waals surface area (Å²) in [6.07, 6.45) is 0.789. The fourth-order valence-electron chi connectivity index (χ4n) is 3.48. The van der Waals surface area contributed by atoms with Crippen molar-refractivity contribution in [1.82, 2.24) is 14.8 Å². The monoisotopic (exact) mass is 473 g/mol. The summed E-state index contributed by atoms with van der Waals surface area (Å²) in [5, 5.41) is 10.8. The highest BCUT2D eigenvalue weighted by molar-refractivity contribution is 9.10. The Kier molecular flexibility index (Phi) is 6.40. The van der Waals surface area contributed by atoms with Crippen LogP contribution in [0.4, 0.5) is 11.4 Å². The Morgan fingerprint density at radius 1 is 1.20 bits per heavy atom. The number of hydrogen-bond donors (Lipinski definition) is 2. The molecule has 0 aliphatic heterocycles. The first kappa shape index (κ1) is 21.8. The van der Waals surface area contributed by atoms with Crippen LogP contribution >= 0.6 is 15.9 Å². The lowest BCUT2D eigenvalue weighted by Crippen LogP contribution is -2.16. The second kappa shape index (κ2) is 8.83. The van der Waals surface area contributed by atoms with Crippen LogP contribution in [0.1, 0.15) is 30.2 Å². The molecule has 2 heterocycles. The van der Waals surface area contributed by atoms with Crippen LogP contribution in [0.3, 0.4) is 0 Å². The Bertz CT molecular complexity index is 1140. The van der Waals surface area contributed by atoms with Gasteiger partial charge < -0.3 is 15.4 Å². The number of hydrogen-bond acceptors (Lipinski definition) is 5. The number of carbonyl (C=O) groups excluding carboxylic acids is 2. The zero-order valence-corrected chi connectivity index (χ0v) is 19.2. The molecule has 1 aromatic carbocycles. The van der Waals surface area contributed by atoms with Crippen LogP contribution in [0.15, 0.2) is 22.7 Å². The van der Waals surface area contributed by atoms with E-state index in [0.29, 0.717) is 23.7 Å². The number of pyridine rings is 1. The number of anilines is 2. The number of nitrogens with zero attached hydrogens (tertiary/aromatic N) is 3. The molecule has 3 aromatic rings. The molecule has 2 aromatic heterocycles. The molecule has 0 atom stereocenters. The second-order valence-corrected chi connectivity index (χ2v) is 7.97. The normalized spacial score (nSPS) is 10.9. The van der Waals surface area contributed by atoms with Crippen LogP contribution in [-0.4, -0.2) is 33.7 Å². The average molecular weight is 474 g/mol. The predicted molar refractivity (Wildman–Crippen MR) is 120 cm³/mol. The van der Waals surface area contributed by atoms with Crippen molar-refractivity contribution in [2.75, 3.05) is 17.7 Å². The van der Waals surface area contributed by atoms with Crippen molar-refractivity contribution < 1.29 is 14.3 Å². The Labute approximate surface area is 183 Å². The van der Waals surface area contributed by atoms with E-state index >= 15 is 0 Å². The van der Waals surface area contributed by atoms with E-state index in [1.807, 2.05) is 20.9 Å². The summed E-state index contributed by atoms with van der Waals surface area (Å²) in [7, 11) is 3.41. The number of fused-ring (bicyclic) bond motifs is 1. The smallest absolute Gasteiger partial charge is 0.242 e. The lowest BCUT2D eigenvalue weighted by molar-refractivity contribution is -0.116. The van der Waals surface area contributed by atoms with E-state index in [4.69, 9.17) is 4.74 Å². The summed E-state index contributed by atoms with van der Waals surface area (Å²) in [4.78, 5) is 28.7. The highest BCUT2D eigenvalue weighted by Gasteiger charge is 2.19. The number of methoxy groups -OCH3 is 1. The molecule has 2 N–H and O–H groups in total. The summed E-state index contributed by atoms with van der Waals surface area (Å²) < 4.78 is 7.89. The topological polar surface area (TPSA) is 98.1 Å². The van der Waals surface area contributed by atoms with Gasteiger partial charge in [-0.05, 0) is 49.6 Å². The van der Waals surface area contributed by atoms with Crippen molar-refractivity contribution in [3.8, 4) is 5.88 Å². The quantitative estimate of drug-likeness (QED) is 0.565. The number of carbonyl (C=O) groups is 2. The molecule has 9 heteroatoms. The molecule has 0 radical (unpaired) electrons. The van der Waals surface area contributed by atoms with Crippen molar-refractivity contribution in [3.05, 3.63) is 39.5 Å². The van der Waals surface area contributed by atoms with Gasteiger partial charge >= 0.3 is 0 Å². The first-order valence-corrected chi connectivity index (χ1v) is 10.2. The molecular weight excluding hydrogens is 450 g/mol. The maximum absolute atomic E-state index is 12.6. The maximum atomic E-state index is 12.6. The van der Waals surface area contributed by atoms with Crippen LogP contribution in [0, 0.1) is 13.8 Å². The largest absolute Gasteiger partial charge is 0.479 e. The Morgan fingerprint density at radius 3 is 2.60 bits per heavy atom. The van der Waals surface area contributed by atoms with E-state index < -0.39 is 0 Å². The van der Waals surface area contributed by atoms with Crippen molar-refractivity contribution in [1.29, 1.82) is 0 Å². The highest BCUT2D eigenvalue weighted by atomic mass is 79.9. The fourth-order valence-corrected chi connectivity index (χ4v) is 3.84. The van der Waals surface area contributed by atoms with Crippen LogP contribution in [-0.2, 0) is 23.1 Å². The molecular formula is C21H24BrN5O3. The minimum Gasteiger partial charge on any atom is -0.479 e. The minimum absolute atomic E-state index is 0.156. The zero-order valence-electron chi connectivity index (χ0n) is 17.6. The third-order valence-corrected chi connectivity index (χ3v) is 5.38. The minimum atomic E-state index is -0.205. The second-order valence-electron chi connectivity index (χ2n) is 7.05. The molecule has 0 fully saturated rings. The summed E-state index contributed by atoms with van der Waals surface area (Å²) in [5.41, 5.74) is 4.72. The van der Waals surface area contributed by atoms with E-state index in [2.05, 4.69) is 36.6 Å². The van der Waals surface area contributed by atoms with Gasteiger partial charge in [0, 0.05) is 30.6 Å². The van der Waals surface area contributed by atoms with Crippen molar-refractivity contribution in [2.24, 2.45) is 7.05 Å². The molecule has 0 aliphatic rings. The molecule has 0 aliphatic carbocycles. The summed E-state index contributed by atoms with van der Waals surface area (Å²) in [5.74, 6) is 0.165. The summed E-state index contributed by atoms with van der Waals surface area (Å²) >= 11 is 3.39. The molecule has 0 unspecified atom stereocenters. The van der Waals surface area contributed by atoms with Crippen LogP contribution in [0.2, 0.25) is 0 Å². The molecule has 0 spiro atoms. The third-order valence-electron chi connectivity index (χ3n) is 4.88. The zero-order chi connectivity index (χ0) is 22.0. The predicted octanol–water partition coefficient (Wildman–Crippen LogP) is 3.89. The van der Waals surface area contributed by atoms with Crippen LogP contribution < -0.4 is 15.4 Å². The van der Waals surface area contributed by atoms with Gasteiger partial charge in [0.05, 0.1) is 23.9 Å². The Balaban J connectivity index is 1.81. The van der Waals surface area contributed by atoms with Crippen LogP contribution in [0.25, 0.3) is 11.0 Å². The molecule has 3 rings (SSSR count). The molecule has 2 amide bonds. The van der Waals surface area contributed by atoms with E-state index in [9.17, 15) is 9.59 Å². The number of aryl methyl sites for hydroxylation is 3. The molecule has 0 bridgehead atoms. The van der Waals surface area contributed by atoms with E-state index in [0.717, 1.165) is 32.3 Å². The number of ether oxygens (including phenoxy) is 1. The van der Waals surface area contributed by atoms with Gasteiger partial charge in [-0.2, -0.15) is 0 Å². The van der Waals surface area contributed by atoms with Crippen LogP contribution in [0.5, 0.6) is 5.88 Å². The van der Waals surface area contributed by atoms with Gasteiger partial charge in [0.1, 0.15) is 0 Å². The van der Waals surface area contributed by atoms with Gasteiger partial charge in [0.15, 0.2) is 5.65 Å². The SMILES string of the molecule is COc1nn(C)c2nc(C)c(CCC(=O)Nc3cc(Br)ccc3NC(C)=O)c(C)c12. The fraction of sp³-hybridized carbons (Fsp3) is 0.333. The van der Waals surface area contributed by atoms with E-state index in [1.54, 1.807) is 30.0 Å². The standard InChI is InChI=1S/C21H24BrN5O3/c1-11-15(12(2)23-20-19(11)21(30-5)26-27(20)4)7-9-18(29)25-17-10-14(22)6-8-16(17)24-13(3)28/h6,8,10H,7,9H2,1-5H3,(H,24,28)(H,25,29). The van der Waals surface area contributed by atoms with Gasteiger partial charge in [-0.15, -0.1) is 5.10 Å². The first-order chi connectivity index (χ1) is 14.2. The number of halogens is 1. The lowest BCUT2D eigenvalue weighted by atomic mass is 10.00. The molecule has 158 valence electrons.